The first-order valence-electron chi connectivity index (χ1n) is 9.75. The molecule has 0 unspecified atom stereocenters. The predicted molar refractivity (Wildman–Crippen MR) is 100 cm³/mol. The van der Waals surface area contributed by atoms with E-state index < -0.39 is 52.9 Å². The zero-order chi connectivity index (χ0) is 23.0. The Hall–Kier alpha value is -3.37. The van der Waals surface area contributed by atoms with E-state index in [4.69, 9.17) is 9.47 Å². The first-order valence-corrected chi connectivity index (χ1v) is 9.75. The molecule has 0 saturated carbocycles. The minimum Gasteiger partial charge on any atom is -0.454 e. The molecular weight excluding hydrogens is 439 g/mol. The first-order chi connectivity index (χ1) is 15.3. The Morgan fingerprint density at radius 3 is 2.16 bits per heavy atom. The predicted octanol–water partition coefficient (Wildman–Crippen LogP) is 3.53. The highest BCUT2D eigenvalue weighted by Gasteiger charge is 2.31. The van der Waals surface area contributed by atoms with Gasteiger partial charge in [0.1, 0.15) is 0 Å². The minimum absolute atomic E-state index is 0.101. The molecule has 2 amide bonds. The van der Waals surface area contributed by atoms with Gasteiger partial charge < -0.3 is 19.7 Å². The number of likely N-dealkylation sites (tertiary alicyclic amines) is 1. The van der Waals surface area contributed by atoms with Crippen LogP contribution in [0.25, 0.3) is 0 Å². The van der Waals surface area contributed by atoms with E-state index in [1.54, 1.807) is 18.2 Å². The summed E-state index contributed by atoms with van der Waals surface area (Å²) >= 11 is 0. The third-order valence-electron chi connectivity index (χ3n) is 5.49. The topological polar surface area (TPSA) is 67.9 Å². The standard InChI is InChI=1S/C21H17F5N2O4/c22-16-12(17(23)19(25)20(26)18(16)24)8-15(29)28-5-3-10(4-6-28)21(30)27-11-1-2-13-14(7-11)32-9-31-13/h1-2,7,10H,3-6,8-9H2,(H,27,30). The highest BCUT2D eigenvalue weighted by Crippen LogP contribution is 2.34. The molecule has 0 aliphatic carbocycles. The summed E-state index contributed by atoms with van der Waals surface area (Å²) in [7, 11) is 0. The van der Waals surface area contributed by atoms with Crippen molar-refractivity contribution >= 4 is 17.5 Å². The van der Waals surface area contributed by atoms with Gasteiger partial charge in [-0.2, -0.15) is 0 Å². The summed E-state index contributed by atoms with van der Waals surface area (Å²) in [6.45, 7) is 0.311. The molecule has 0 radical (unpaired) electrons. The van der Waals surface area contributed by atoms with E-state index in [9.17, 15) is 31.5 Å². The van der Waals surface area contributed by atoms with E-state index in [1.165, 1.54) is 4.90 Å². The zero-order valence-corrected chi connectivity index (χ0v) is 16.5. The molecule has 0 aromatic heterocycles. The van der Waals surface area contributed by atoms with Crippen LogP contribution in [0.4, 0.5) is 27.6 Å². The zero-order valence-electron chi connectivity index (χ0n) is 16.5. The quantitative estimate of drug-likeness (QED) is 0.434. The fraction of sp³-hybridized carbons (Fsp3) is 0.333. The van der Waals surface area contributed by atoms with Gasteiger partial charge in [-0.25, -0.2) is 22.0 Å². The lowest BCUT2D eigenvalue weighted by molar-refractivity contribution is -0.134. The number of hydrogen-bond acceptors (Lipinski definition) is 4. The number of hydrogen-bond donors (Lipinski definition) is 1. The number of ether oxygens (including phenoxy) is 2. The fourth-order valence-electron chi connectivity index (χ4n) is 3.68. The van der Waals surface area contributed by atoms with Gasteiger partial charge in [-0.15, -0.1) is 0 Å². The number of nitrogens with one attached hydrogen (secondary N) is 1. The number of carbonyl (C=O) groups is 2. The van der Waals surface area contributed by atoms with Crippen molar-refractivity contribution in [3.8, 4) is 11.5 Å². The van der Waals surface area contributed by atoms with Crippen LogP contribution < -0.4 is 14.8 Å². The Bertz CT molecular complexity index is 1060. The SMILES string of the molecule is O=C(Nc1ccc2c(c1)OCO2)C1CCN(C(=O)Cc2c(F)c(F)c(F)c(F)c2F)CC1. The molecule has 0 atom stereocenters. The highest BCUT2D eigenvalue weighted by atomic mass is 19.2. The summed E-state index contributed by atoms with van der Waals surface area (Å²) in [5.74, 6) is -10.9. The van der Waals surface area contributed by atoms with Gasteiger partial charge in [0.25, 0.3) is 0 Å². The summed E-state index contributed by atoms with van der Waals surface area (Å²) in [6, 6.07) is 4.95. The van der Waals surface area contributed by atoms with E-state index in [0.29, 0.717) is 17.2 Å². The molecule has 2 aromatic carbocycles. The first kappa shape index (κ1) is 21.8. The molecule has 11 heteroatoms. The van der Waals surface area contributed by atoms with Crippen LogP contribution in [-0.2, 0) is 16.0 Å². The maximum atomic E-state index is 13.8. The molecule has 0 bridgehead atoms. The van der Waals surface area contributed by atoms with E-state index in [1.807, 2.05) is 0 Å². The van der Waals surface area contributed by atoms with E-state index in [-0.39, 0.29) is 38.6 Å². The Morgan fingerprint density at radius 1 is 0.906 bits per heavy atom. The van der Waals surface area contributed by atoms with E-state index in [0.717, 1.165) is 0 Å². The summed E-state index contributed by atoms with van der Waals surface area (Å²) in [5, 5.41) is 2.76. The number of halogens is 5. The average Bonchev–Trinajstić information content (AvgIpc) is 3.27. The van der Waals surface area contributed by atoms with Crippen LogP contribution in [0.1, 0.15) is 18.4 Å². The van der Waals surface area contributed by atoms with Crippen molar-refractivity contribution in [1.82, 2.24) is 4.90 Å². The maximum Gasteiger partial charge on any atom is 0.231 e. The van der Waals surface area contributed by atoms with Crippen LogP contribution in [0, 0.1) is 35.0 Å². The lowest BCUT2D eigenvalue weighted by Crippen LogP contribution is -2.42. The summed E-state index contributed by atoms with van der Waals surface area (Å²) in [4.78, 5) is 26.1. The van der Waals surface area contributed by atoms with Crippen LogP contribution in [0.5, 0.6) is 11.5 Å². The Morgan fingerprint density at radius 2 is 1.50 bits per heavy atom. The Labute approximate surface area is 178 Å². The molecule has 2 aliphatic heterocycles. The van der Waals surface area contributed by atoms with Crippen molar-refractivity contribution < 1.29 is 41.0 Å². The lowest BCUT2D eigenvalue weighted by Gasteiger charge is -2.31. The molecule has 32 heavy (non-hydrogen) atoms. The van der Waals surface area contributed by atoms with Gasteiger partial charge in [0.05, 0.1) is 6.42 Å². The smallest absolute Gasteiger partial charge is 0.231 e. The van der Waals surface area contributed by atoms with Gasteiger partial charge >= 0.3 is 0 Å². The van der Waals surface area contributed by atoms with Crippen molar-refractivity contribution in [2.75, 3.05) is 25.2 Å². The van der Waals surface area contributed by atoms with Crippen LogP contribution in [0.15, 0.2) is 18.2 Å². The number of fused-ring (bicyclic) bond motifs is 1. The summed E-state index contributed by atoms with van der Waals surface area (Å²) < 4.78 is 78.0. The van der Waals surface area contributed by atoms with Crippen molar-refractivity contribution in [1.29, 1.82) is 0 Å². The van der Waals surface area contributed by atoms with E-state index in [2.05, 4.69) is 5.32 Å². The molecule has 1 N–H and O–H groups in total. The molecule has 1 saturated heterocycles. The number of piperidine rings is 1. The molecule has 2 heterocycles. The van der Waals surface area contributed by atoms with Crippen LogP contribution in [0.3, 0.4) is 0 Å². The van der Waals surface area contributed by atoms with E-state index >= 15 is 0 Å². The van der Waals surface area contributed by atoms with Crippen molar-refractivity contribution in [2.45, 2.75) is 19.3 Å². The molecule has 0 spiro atoms. The number of amides is 2. The lowest BCUT2D eigenvalue weighted by atomic mass is 9.95. The van der Waals surface area contributed by atoms with Gasteiger partial charge in [0.15, 0.2) is 34.8 Å². The monoisotopic (exact) mass is 456 g/mol. The van der Waals surface area contributed by atoms with Crippen LogP contribution in [-0.4, -0.2) is 36.6 Å². The highest BCUT2D eigenvalue weighted by molar-refractivity contribution is 5.93. The van der Waals surface area contributed by atoms with Crippen LogP contribution in [0.2, 0.25) is 0 Å². The maximum absolute atomic E-state index is 13.8. The molecule has 4 rings (SSSR count). The van der Waals surface area contributed by atoms with Gasteiger partial charge in [-0.3, -0.25) is 9.59 Å². The van der Waals surface area contributed by atoms with Gasteiger partial charge in [-0.1, -0.05) is 0 Å². The third-order valence-corrected chi connectivity index (χ3v) is 5.49. The second kappa shape index (κ2) is 8.64. The van der Waals surface area contributed by atoms with Gasteiger partial charge in [0.2, 0.25) is 24.4 Å². The van der Waals surface area contributed by atoms with Gasteiger partial charge in [-0.05, 0) is 25.0 Å². The Kier molecular flexibility index (Phi) is 5.90. The number of carbonyl (C=O) groups excluding carboxylic acids is 2. The van der Waals surface area contributed by atoms with Crippen molar-refractivity contribution in [3.05, 3.63) is 52.8 Å². The minimum atomic E-state index is -2.27. The normalized spacial score (nSPS) is 15.7. The van der Waals surface area contributed by atoms with Crippen LogP contribution >= 0.6 is 0 Å². The third kappa shape index (κ3) is 4.06. The average molecular weight is 456 g/mol. The number of anilines is 1. The molecule has 170 valence electrons. The van der Waals surface area contributed by atoms with Crippen molar-refractivity contribution in [3.63, 3.8) is 0 Å². The molecular formula is C21H17F5N2O4. The molecule has 2 aromatic rings. The van der Waals surface area contributed by atoms with Crippen molar-refractivity contribution in [2.24, 2.45) is 5.92 Å². The second-order valence-corrected chi connectivity index (χ2v) is 7.44. The number of nitrogens with zero attached hydrogens (tertiary/aromatic N) is 1. The molecule has 6 nitrogen and oxygen atoms in total. The summed E-state index contributed by atoms with van der Waals surface area (Å²) in [6.07, 6.45) is -0.418. The molecule has 1 fully saturated rings. The number of benzene rings is 2. The largest absolute Gasteiger partial charge is 0.454 e. The Balaban J connectivity index is 1.35. The van der Waals surface area contributed by atoms with Gasteiger partial charge in [0, 0.05) is 36.3 Å². The number of rotatable bonds is 4. The molecule has 2 aliphatic rings. The second-order valence-electron chi connectivity index (χ2n) is 7.44. The fourth-order valence-corrected chi connectivity index (χ4v) is 3.68. The summed E-state index contributed by atoms with van der Waals surface area (Å²) in [5.41, 5.74) is -0.654.